The number of pyridine rings is 3. The minimum absolute atomic E-state index is 0.181. The second-order valence-corrected chi connectivity index (χ2v) is 7.99. The van der Waals surface area contributed by atoms with Gasteiger partial charge in [0, 0.05) is 37.6 Å². The van der Waals surface area contributed by atoms with Crippen LogP contribution in [0.5, 0.6) is 5.75 Å². The number of hydrogen-bond acceptors (Lipinski definition) is 6. The molecule has 3 aromatic heterocycles. The Morgan fingerprint density at radius 2 is 2.03 bits per heavy atom. The minimum atomic E-state index is -0.181. The second-order valence-electron chi connectivity index (χ2n) is 7.55. The molecule has 0 N–H and O–H groups in total. The number of aromatic nitrogens is 3. The molecule has 1 aliphatic heterocycles. The first kappa shape index (κ1) is 20.4. The third-order valence-electron chi connectivity index (χ3n) is 5.29. The predicted molar refractivity (Wildman–Crippen MR) is 118 cm³/mol. The molecule has 7 nitrogen and oxygen atoms in total. The van der Waals surface area contributed by atoms with E-state index in [0.717, 1.165) is 36.7 Å². The van der Waals surface area contributed by atoms with E-state index in [2.05, 4.69) is 33.9 Å². The summed E-state index contributed by atoms with van der Waals surface area (Å²) in [5.41, 5.74) is 1.28. The number of ether oxygens (including phenoxy) is 1. The lowest BCUT2D eigenvalue weighted by Gasteiger charge is -2.21. The van der Waals surface area contributed by atoms with Crippen molar-refractivity contribution >= 4 is 17.4 Å². The first-order valence-corrected chi connectivity index (χ1v) is 10.2. The summed E-state index contributed by atoms with van der Waals surface area (Å²) in [6, 6.07) is 11.2. The largest absolute Gasteiger partial charge is 0.487 e. The first-order valence-electron chi connectivity index (χ1n) is 9.83. The van der Waals surface area contributed by atoms with Gasteiger partial charge in [0.15, 0.2) is 0 Å². The second kappa shape index (κ2) is 8.85. The standard InChI is InChI=1S/C22H24ClN5O2/c1-26(2)19-7-9-27(14-19)21-6-5-18(13-25-21)28-10-8-20(11-22(28)29)30-15-17-4-3-16(23)12-24-17/h3-6,8,10-13,19H,7,9,14-15H2,1-2H3. The molecule has 1 unspecified atom stereocenters. The van der Waals surface area contributed by atoms with Crippen LogP contribution in [0.2, 0.25) is 5.02 Å². The van der Waals surface area contributed by atoms with Crippen molar-refractivity contribution in [1.29, 1.82) is 0 Å². The molecule has 0 saturated carbocycles. The van der Waals surface area contributed by atoms with Crippen LogP contribution in [0.3, 0.4) is 0 Å². The van der Waals surface area contributed by atoms with E-state index in [1.165, 1.54) is 6.07 Å². The highest BCUT2D eigenvalue weighted by atomic mass is 35.5. The average Bonchev–Trinajstić information content (AvgIpc) is 3.24. The van der Waals surface area contributed by atoms with Crippen LogP contribution >= 0.6 is 11.6 Å². The molecule has 1 atom stereocenters. The lowest BCUT2D eigenvalue weighted by molar-refractivity contribution is 0.300. The topological polar surface area (TPSA) is 63.5 Å². The summed E-state index contributed by atoms with van der Waals surface area (Å²) < 4.78 is 7.23. The molecule has 4 heterocycles. The predicted octanol–water partition coefficient (Wildman–Crippen LogP) is 3.00. The van der Waals surface area contributed by atoms with Crippen LogP contribution in [0, 0.1) is 0 Å². The zero-order valence-corrected chi connectivity index (χ0v) is 17.8. The summed E-state index contributed by atoms with van der Waals surface area (Å²) in [7, 11) is 4.22. The zero-order valence-electron chi connectivity index (χ0n) is 17.0. The van der Waals surface area contributed by atoms with Crippen molar-refractivity contribution in [1.82, 2.24) is 19.4 Å². The van der Waals surface area contributed by atoms with Crippen LogP contribution in [0.25, 0.3) is 5.69 Å². The van der Waals surface area contributed by atoms with Gasteiger partial charge in [0.05, 0.1) is 22.6 Å². The molecular weight excluding hydrogens is 402 g/mol. The van der Waals surface area contributed by atoms with Crippen molar-refractivity contribution in [3.63, 3.8) is 0 Å². The normalized spacial score (nSPS) is 16.3. The van der Waals surface area contributed by atoms with Gasteiger partial charge in [0.2, 0.25) is 0 Å². The molecule has 0 spiro atoms. The Morgan fingerprint density at radius 1 is 1.17 bits per heavy atom. The third-order valence-corrected chi connectivity index (χ3v) is 5.52. The van der Waals surface area contributed by atoms with E-state index in [1.54, 1.807) is 41.4 Å². The third kappa shape index (κ3) is 4.63. The van der Waals surface area contributed by atoms with Crippen LogP contribution < -0.4 is 15.2 Å². The van der Waals surface area contributed by atoms with Gasteiger partial charge in [-0.2, -0.15) is 0 Å². The molecule has 0 bridgehead atoms. The van der Waals surface area contributed by atoms with E-state index >= 15 is 0 Å². The van der Waals surface area contributed by atoms with Gasteiger partial charge >= 0.3 is 0 Å². The van der Waals surface area contributed by atoms with Crippen molar-refractivity contribution in [3.05, 3.63) is 76.1 Å². The molecule has 4 rings (SSSR count). The van der Waals surface area contributed by atoms with Gasteiger partial charge in [-0.25, -0.2) is 4.98 Å². The fraction of sp³-hybridized carbons (Fsp3) is 0.318. The summed E-state index contributed by atoms with van der Waals surface area (Å²) in [5.74, 6) is 1.43. The van der Waals surface area contributed by atoms with Gasteiger partial charge in [0.1, 0.15) is 18.2 Å². The van der Waals surface area contributed by atoms with Gasteiger partial charge in [-0.15, -0.1) is 0 Å². The molecule has 30 heavy (non-hydrogen) atoms. The Morgan fingerprint density at radius 3 is 2.67 bits per heavy atom. The molecule has 156 valence electrons. The van der Waals surface area contributed by atoms with E-state index in [1.807, 2.05) is 12.1 Å². The summed E-state index contributed by atoms with van der Waals surface area (Å²) in [4.78, 5) is 25.8. The Bertz CT molecular complexity index is 1050. The number of likely N-dealkylation sites (N-methyl/N-ethyl adjacent to an activating group) is 1. The van der Waals surface area contributed by atoms with Crippen LogP contribution in [0.15, 0.2) is 59.8 Å². The Balaban J connectivity index is 1.43. The quantitative estimate of drug-likeness (QED) is 0.605. The smallest absolute Gasteiger partial charge is 0.258 e. The summed E-state index contributed by atoms with van der Waals surface area (Å²) in [6.07, 6.45) is 6.13. The highest BCUT2D eigenvalue weighted by Crippen LogP contribution is 2.21. The maximum absolute atomic E-state index is 12.6. The van der Waals surface area contributed by atoms with Crippen molar-refractivity contribution in [2.45, 2.75) is 19.1 Å². The SMILES string of the molecule is CN(C)C1CCN(c2ccc(-n3ccc(OCc4ccc(Cl)cn4)cc3=O)cn2)C1. The molecule has 1 saturated heterocycles. The van der Waals surface area contributed by atoms with E-state index in [9.17, 15) is 4.79 Å². The van der Waals surface area contributed by atoms with Crippen LogP contribution in [-0.4, -0.2) is 52.7 Å². The molecule has 8 heteroatoms. The van der Waals surface area contributed by atoms with Gasteiger partial charge in [-0.3, -0.25) is 14.3 Å². The Hall–Kier alpha value is -2.90. The van der Waals surface area contributed by atoms with E-state index in [-0.39, 0.29) is 12.2 Å². The molecule has 0 radical (unpaired) electrons. The van der Waals surface area contributed by atoms with Gasteiger partial charge < -0.3 is 14.5 Å². The Kier molecular flexibility index (Phi) is 6.01. The number of nitrogens with zero attached hydrogens (tertiary/aromatic N) is 5. The van der Waals surface area contributed by atoms with Crippen LogP contribution in [0.4, 0.5) is 5.82 Å². The maximum atomic E-state index is 12.6. The number of rotatable bonds is 6. The highest BCUT2D eigenvalue weighted by Gasteiger charge is 2.24. The molecule has 0 aliphatic carbocycles. The summed E-state index contributed by atoms with van der Waals surface area (Å²) in [5, 5.41) is 0.572. The number of anilines is 1. The number of halogens is 1. The van der Waals surface area contributed by atoms with Crippen molar-refractivity contribution in [2.24, 2.45) is 0 Å². The zero-order chi connectivity index (χ0) is 21.1. The lowest BCUT2D eigenvalue weighted by atomic mass is 10.2. The average molecular weight is 426 g/mol. The van der Waals surface area contributed by atoms with Crippen molar-refractivity contribution in [2.75, 3.05) is 32.1 Å². The summed E-state index contributed by atoms with van der Waals surface area (Å²) in [6.45, 7) is 2.22. The van der Waals surface area contributed by atoms with Gasteiger partial charge in [0.25, 0.3) is 5.56 Å². The molecule has 3 aromatic rings. The highest BCUT2D eigenvalue weighted by molar-refractivity contribution is 6.30. The minimum Gasteiger partial charge on any atom is -0.487 e. The van der Waals surface area contributed by atoms with Crippen LogP contribution in [0.1, 0.15) is 12.1 Å². The van der Waals surface area contributed by atoms with E-state index in [0.29, 0.717) is 16.8 Å². The summed E-state index contributed by atoms with van der Waals surface area (Å²) >= 11 is 5.83. The van der Waals surface area contributed by atoms with Crippen molar-refractivity contribution in [3.8, 4) is 11.4 Å². The first-order chi connectivity index (χ1) is 14.5. The molecule has 1 fully saturated rings. The monoisotopic (exact) mass is 425 g/mol. The van der Waals surface area contributed by atoms with E-state index < -0.39 is 0 Å². The van der Waals surface area contributed by atoms with Crippen LogP contribution in [-0.2, 0) is 6.61 Å². The fourth-order valence-electron chi connectivity index (χ4n) is 3.49. The molecule has 0 amide bonds. The van der Waals surface area contributed by atoms with Crippen molar-refractivity contribution < 1.29 is 4.74 Å². The fourth-order valence-corrected chi connectivity index (χ4v) is 3.60. The lowest BCUT2D eigenvalue weighted by Crippen LogP contribution is -2.31. The van der Waals surface area contributed by atoms with Gasteiger partial charge in [-0.05, 0) is 50.8 Å². The Labute approximate surface area is 180 Å². The molecule has 1 aliphatic rings. The maximum Gasteiger partial charge on any atom is 0.258 e. The number of hydrogen-bond donors (Lipinski definition) is 0. The molecular formula is C22H24ClN5O2. The molecule has 0 aromatic carbocycles. The van der Waals surface area contributed by atoms with Gasteiger partial charge in [-0.1, -0.05) is 11.6 Å². The van der Waals surface area contributed by atoms with E-state index in [4.69, 9.17) is 16.3 Å².